The van der Waals surface area contributed by atoms with E-state index in [9.17, 15) is 0 Å². The first-order chi connectivity index (χ1) is 7.27. The van der Waals surface area contributed by atoms with E-state index < -0.39 is 0 Å². The van der Waals surface area contributed by atoms with Crippen molar-refractivity contribution in [1.82, 2.24) is 0 Å². The Hall–Kier alpha value is -0.563. The number of rotatable bonds is 2. The van der Waals surface area contributed by atoms with Crippen molar-refractivity contribution in [3.05, 3.63) is 28.8 Å². The first-order valence-electron chi connectivity index (χ1n) is 6.41. The largest absolute Gasteiger partial charge is 0.0708 e. The van der Waals surface area contributed by atoms with Crippen molar-refractivity contribution in [2.24, 2.45) is 0 Å². The summed E-state index contributed by atoms with van der Waals surface area (Å²) in [5.41, 5.74) is 4.89. The third kappa shape index (κ3) is 2.76. The van der Waals surface area contributed by atoms with Crippen molar-refractivity contribution in [2.75, 3.05) is 0 Å². The van der Waals surface area contributed by atoms with E-state index in [-0.39, 0.29) is 14.9 Å². The zero-order chi connectivity index (χ0) is 12.5. The minimum Gasteiger partial charge on any atom is -0.0708 e. The molecule has 0 fully saturated rings. The molecule has 0 bridgehead atoms. The fraction of sp³-hybridized carbons (Fsp3) is 0.600. The van der Waals surface area contributed by atoms with Crippen molar-refractivity contribution in [1.29, 1.82) is 0 Å². The van der Waals surface area contributed by atoms with Gasteiger partial charge in [0.2, 0.25) is 0 Å². The smallest absolute Gasteiger partial charge is 0.0524 e. The zero-order valence-electron chi connectivity index (χ0n) is 11.9. The highest BCUT2D eigenvalue weighted by Gasteiger charge is 2.19. The van der Waals surface area contributed by atoms with Gasteiger partial charge in [-0.3, -0.25) is 0 Å². The molecule has 0 saturated heterocycles. The topological polar surface area (TPSA) is 0 Å². The summed E-state index contributed by atoms with van der Waals surface area (Å²) in [6.07, 6.45) is 0. The molecular formula is C15H26Si. The molecule has 0 aliphatic carbocycles. The summed E-state index contributed by atoms with van der Waals surface area (Å²) < 4.78 is 0. The second-order valence-corrected chi connectivity index (χ2v) is 7.54. The summed E-state index contributed by atoms with van der Waals surface area (Å²) in [4.78, 5) is 0. The monoisotopic (exact) mass is 234 g/mol. The third-order valence-corrected chi connectivity index (χ3v) is 4.97. The van der Waals surface area contributed by atoms with E-state index in [4.69, 9.17) is 0 Å². The fourth-order valence-electron chi connectivity index (χ4n) is 2.32. The van der Waals surface area contributed by atoms with Gasteiger partial charge >= 0.3 is 0 Å². The molecule has 0 amide bonds. The van der Waals surface area contributed by atoms with Crippen LogP contribution < -0.4 is 5.19 Å². The van der Waals surface area contributed by atoms with E-state index in [1.165, 1.54) is 11.1 Å². The number of aryl methyl sites for hydroxylation is 1. The first kappa shape index (κ1) is 13.5. The van der Waals surface area contributed by atoms with Crippen LogP contribution in [0.4, 0.5) is 0 Å². The number of hydrogen-bond acceptors (Lipinski definition) is 0. The second kappa shape index (κ2) is 4.75. The van der Waals surface area contributed by atoms with Crippen LogP contribution in [0.15, 0.2) is 12.1 Å². The fourth-order valence-corrected chi connectivity index (χ4v) is 3.99. The maximum Gasteiger partial charge on any atom is 0.0524 e. The lowest BCUT2D eigenvalue weighted by Gasteiger charge is -2.26. The Bertz CT molecular complexity index is 370. The van der Waals surface area contributed by atoms with Gasteiger partial charge in [-0.1, -0.05) is 64.0 Å². The summed E-state index contributed by atoms with van der Waals surface area (Å²) in [5, 5.41) is 1.68. The van der Waals surface area contributed by atoms with Gasteiger partial charge in [-0.2, -0.15) is 0 Å². The molecule has 0 nitrogen and oxygen atoms in total. The molecule has 0 aromatic heterocycles. The molecular weight excluding hydrogens is 208 g/mol. The lowest BCUT2D eigenvalue weighted by Crippen LogP contribution is -2.29. The summed E-state index contributed by atoms with van der Waals surface area (Å²) >= 11 is 0. The van der Waals surface area contributed by atoms with Crippen LogP contribution in [-0.4, -0.2) is 9.52 Å². The van der Waals surface area contributed by atoms with E-state index in [1.54, 1.807) is 10.8 Å². The van der Waals surface area contributed by atoms with E-state index >= 15 is 0 Å². The van der Waals surface area contributed by atoms with Gasteiger partial charge in [0.25, 0.3) is 0 Å². The standard InChI is InChI=1S/C15H26Si/c1-10(2)12-8-11(3)14(16-7)13(9-12)15(4,5)6/h8-10H,16H2,1-7H3. The minimum absolute atomic E-state index is 0.0869. The van der Waals surface area contributed by atoms with Crippen LogP contribution in [0.5, 0.6) is 0 Å². The Morgan fingerprint density at radius 1 is 1.12 bits per heavy atom. The molecule has 0 aliphatic rings. The quantitative estimate of drug-likeness (QED) is 0.689. The minimum atomic E-state index is -0.0869. The highest BCUT2D eigenvalue weighted by Crippen LogP contribution is 2.25. The molecule has 16 heavy (non-hydrogen) atoms. The highest BCUT2D eigenvalue weighted by molar-refractivity contribution is 6.53. The van der Waals surface area contributed by atoms with Crippen molar-refractivity contribution >= 4 is 14.7 Å². The molecule has 0 heterocycles. The van der Waals surface area contributed by atoms with Crippen LogP contribution in [0.2, 0.25) is 6.55 Å². The Balaban J connectivity index is 3.43. The van der Waals surface area contributed by atoms with Crippen molar-refractivity contribution in [3.63, 3.8) is 0 Å². The molecule has 1 rings (SSSR count). The summed E-state index contributed by atoms with van der Waals surface area (Å²) in [5.74, 6) is 0.632. The number of hydrogen-bond donors (Lipinski definition) is 0. The molecule has 1 aromatic carbocycles. The Labute approximate surface area is 103 Å². The Morgan fingerprint density at radius 2 is 1.69 bits per heavy atom. The van der Waals surface area contributed by atoms with Gasteiger partial charge in [-0.15, -0.1) is 0 Å². The highest BCUT2D eigenvalue weighted by atomic mass is 28.2. The van der Waals surface area contributed by atoms with Gasteiger partial charge in [0.05, 0.1) is 9.52 Å². The normalized spacial score (nSPS) is 13.0. The number of benzene rings is 1. The lowest BCUT2D eigenvalue weighted by molar-refractivity contribution is 0.592. The average molecular weight is 234 g/mol. The first-order valence-corrected chi connectivity index (χ1v) is 8.53. The summed E-state index contributed by atoms with van der Waals surface area (Å²) in [6, 6.07) is 4.84. The maximum atomic E-state index is 2.45. The lowest BCUT2D eigenvalue weighted by atomic mass is 9.83. The van der Waals surface area contributed by atoms with Gasteiger partial charge < -0.3 is 0 Å². The molecule has 1 aromatic rings. The molecule has 0 atom stereocenters. The van der Waals surface area contributed by atoms with E-state index in [0.29, 0.717) is 5.92 Å². The van der Waals surface area contributed by atoms with Crippen molar-refractivity contribution in [3.8, 4) is 0 Å². The van der Waals surface area contributed by atoms with Gasteiger partial charge in [0.15, 0.2) is 0 Å². The zero-order valence-corrected chi connectivity index (χ0v) is 13.4. The Morgan fingerprint density at radius 3 is 2.06 bits per heavy atom. The van der Waals surface area contributed by atoms with E-state index in [1.807, 2.05) is 0 Å². The van der Waals surface area contributed by atoms with Crippen molar-refractivity contribution in [2.45, 2.75) is 59.4 Å². The van der Waals surface area contributed by atoms with Gasteiger partial charge in [-0.05, 0) is 29.4 Å². The van der Waals surface area contributed by atoms with Gasteiger partial charge in [0.1, 0.15) is 0 Å². The van der Waals surface area contributed by atoms with Gasteiger partial charge in [0, 0.05) is 0 Å². The Kier molecular flexibility index (Phi) is 4.00. The predicted octanol–water partition coefficient (Wildman–Crippen LogP) is 3.26. The average Bonchev–Trinajstić information content (AvgIpc) is 2.14. The molecule has 90 valence electrons. The van der Waals surface area contributed by atoms with Crippen LogP contribution in [0.1, 0.15) is 57.2 Å². The third-order valence-electron chi connectivity index (χ3n) is 3.32. The van der Waals surface area contributed by atoms with Crippen LogP contribution in [0, 0.1) is 6.92 Å². The molecule has 0 spiro atoms. The van der Waals surface area contributed by atoms with Crippen molar-refractivity contribution < 1.29 is 0 Å². The maximum absolute atomic E-state index is 2.45. The molecule has 1 heteroatoms. The summed E-state index contributed by atoms with van der Waals surface area (Å²) in [7, 11) is -0.0869. The summed E-state index contributed by atoms with van der Waals surface area (Å²) in [6.45, 7) is 16.2. The van der Waals surface area contributed by atoms with Gasteiger partial charge in [-0.25, -0.2) is 0 Å². The van der Waals surface area contributed by atoms with Crippen LogP contribution in [0.25, 0.3) is 0 Å². The SMILES string of the molecule is C[SiH2]c1c(C)cc(C(C)C)cc1C(C)(C)C. The second-order valence-electron chi connectivity index (χ2n) is 6.12. The van der Waals surface area contributed by atoms with E-state index in [0.717, 1.165) is 0 Å². The predicted molar refractivity (Wildman–Crippen MR) is 78.0 cm³/mol. The molecule has 0 aliphatic heterocycles. The van der Waals surface area contributed by atoms with Crippen LogP contribution >= 0.6 is 0 Å². The molecule has 0 unspecified atom stereocenters. The molecule has 0 saturated carbocycles. The van der Waals surface area contributed by atoms with Crippen LogP contribution in [0.3, 0.4) is 0 Å². The molecule has 0 radical (unpaired) electrons. The van der Waals surface area contributed by atoms with E-state index in [2.05, 4.69) is 60.2 Å². The molecule has 0 N–H and O–H groups in total. The van der Waals surface area contributed by atoms with Crippen LogP contribution in [-0.2, 0) is 5.41 Å².